The number of para-hydroxylation sites is 2. The average Bonchev–Trinajstić information content (AvgIpc) is 3.23. The summed E-state index contributed by atoms with van der Waals surface area (Å²) in [6.07, 6.45) is 1.87. The molecule has 0 radical (unpaired) electrons. The largest absolute Gasteiger partial charge is 0.507 e. The standard InChI is InChI=1S/C28H24N2O2/c1-28(2,3)20-14-15-29-23(17-20)19-9-6-8-18(16-19)21-11-7-13-25-26(21)30-27(32-25)22-10-4-5-12-24(22)31/h4-17,31H,1-3H3. The van der Waals surface area contributed by atoms with Gasteiger partial charge in [0, 0.05) is 17.3 Å². The molecule has 0 fully saturated rings. The molecular formula is C28H24N2O2. The third-order valence-electron chi connectivity index (χ3n) is 5.65. The summed E-state index contributed by atoms with van der Waals surface area (Å²) in [7, 11) is 0. The van der Waals surface area contributed by atoms with Crippen molar-refractivity contribution in [3.05, 3.63) is 90.6 Å². The number of rotatable bonds is 3. The van der Waals surface area contributed by atoms with Gasteiger partial charge in [0.25, 0.3) is 0 Å². The molecular weight excluding hydrogens is 396 g/mol. The van der Waals surface area contributed by atoms with Gasteiger partial charge in [0.1, 0.15) is 11.3 Å². The molecule has 0 bridgehead atoms. The zero-order valence-electron chi connectivity index (χ0n) is 18.3. The Morgan fingerprint density at radius 1 is 0.781 bits per heavy atom. The van der Waals surface area contributed by atoms with Crippen LogP contribution in [0.3, 0.4) is 0 Å². The summed E-state index contributed by atoms with van der Waals surface area (Å²) in [5.41, 5.74) is 7.33. The molecule has 1 N–H and O–H groups in total. The lowest BCUT2D eigenvalue weighted by atomic mass is 9.87. The number of aromatic nitrogens is 2. The van der Waals surface area contributed by atoms with Crippen molar-refractivity contribution < 1.29 is 9.52 Å². The van der Waals surface area contributed by atoms with E-state index in [1.165, 1.54) is 5.56 Å². The number of benzene rings is 3. The summed E-state index contributed by atoms with van der Waals surface area (Å²) >= 11 is 0. The number of pyridine rings is 1. The van der Waals surface area contributed by atoms with Crippen LogP contribution in [-0.4, -0.2) is 15.1 Å². The van der Waals surface area contributed by atoms with Crippen LogP contribution in [-0.2, 0) is 5.41 Å². The van der Waals surface area contributed by atoms with Gasteiger partial charge >= 0.3 is 0 Å². The summed E-state index contributed by atoms with van der Waals surface area (Å²) in [4.78, 5) is 9.34. The normalized spacial score (nSPS) is 11.7. The Kier molecular flexibility index (Phi) is 4.78. The van der Waals surface area contributed by atoms with E-state index >= 15 is 0 Å². The third kappa shape index (κ3) is 3.65. The Balaban J connectivity index is 1.61. The molecule has 3 aromatic carbocycles. The molecule has 0 unspecified atom stereocenters. The van der Waals surface area contributed by atoms with Crippen LogP contribution >= 0.6 is 0 Å². The van der Waals surface area contributed by atoms with Gasteiger partial charge in [-0.05, 0) is 52.9 Å². The quantitative estimate of drug-likeness (QED) is 0.334. The van der Waals surface area contributed by atoms with Gasteiger partial charge in [0.2, 0.25) is 5.89 Å². The molecule has 5 rings (SSSR count). The van der Waals surface area contributed by atoms with Crippen LogP contribution in [0.5, 0.6) is 5.75 Å². The summed E-state index contributed by atoms with van der Waals surface area (Å²) in [5.74, 6) is 0.550. The van der Waals surface area contributed by atoms with Crippen molar-refractivity contribution in [3.63, 3.8) is 0 Å². The third-order valence-corrected chi connectivity index (χ3v) is 5.65. The van der Waals surface area contributed by atoms with Crippen molar-refractivity contribution in [2.75, 3.05) is 0 Å². The van der Waals surface area contributed by atoms with Gasteiger partial charge < -0.3 is 9.52 Å². The number of fused-ring (bicyclic) bond motifs is 1. The summed E-state index contributed by atoms with van der Waals surface area (Å²) < 4.78 is 5.98. The van der Waals surface area contributed by atoms with Crippen LogP contribution in [0.1, 0.15) is 26.3 Å². The SMILES string of the molecule is CC(C)(C)c1ccnc(-c2cccc(-c3cccc4oc(-c5ccccc5O)nc34)c2)c1. The number of phenols is 1. The monoisotopic (exact) mass is 420 g/mol. The van der Waals surface area contributed by atoms with Crippen LogP contribution in [0.2, 0.25) is 0 Å². The maximum atomic E-state index is 10.2. The molecule has 0 saturated heterocycles. The molecule has 2 aromatic heterocycles. The Bertz CT molecular complexity index is 1430. The van der Waals surface area contributed by atoms with E-state index in [1.54, 1.807) is 18.2 Å². The van der Waals surface area contributed by atoms with Crippen molar-refractivity contribution in [2.45, 2.75) is 26.2 Å². The maximum absolute atomic E-state index is 10.2. The lowest BCUT2D eigenvalue weighted by Gasteiger charge is -2.19. The first-order chi connectivity index (χ1) is 15.4. The highest BCUT2D eigenvalue weighted by atomic mass is 16.3. The van der Waals surface area contributed by atoms with E-state index < -0.39 is 0 Å². The minimum absolute atomic E-state index is 0.0566. The number of hydrogen-bond acceptors (Lipinski definition) is 4. The van der Waals surface area contributed by atoms with Gasteiger partial charge in [-0.15, -0.1) is 0 Å². The highest BCUT2D eigenvalue weighted by molar-refractivity contribution is 5.93. The number of hydrogen-bond donors (Lipinski definition) is 1. The van der Waals surface area contributed by atoms with Gasteiger partial charge in [-0.3, -0.25) is 4.98 Å². The van der Waals surface area contributed by atoms with E-state index in [9.17, 15) is 5.11 Å². The molecule has 0 spiro atoms. The van der Waals surface area contributed by atoms with Crippen LogP contribution in [0.25, 0.3) is 44.9 Å². The highest BCUT2D eigenvalue weighted by Crippen LogP contribution is 2.36. The number of phenolic OH excluding ortho intramolecular Hbond substituents is 1. The fourth-order valence-corrected chi connectivity index (χ4v) is 3.85. The number of nitrogens with zero attached hydrogens (tertiary/aromatic N) is 2. The van der Waals surface area contributed by atoms with Crippen LogP contribution < -0.4 is 0 Å². The van der Waals surface area contributed by atoms with Crippen LogP contribution in [0.4, 0.5) is 0 Å². The second kappa shape index (κ2) is 7.65. The maximum Gasteiger partial charge on any atom is 0.231 e. The van der Waals surface area contributed by atoms with E-state index in [4.69, 9.17) is 9.40 Å². The lowest BCUT2D eigenvalue weighted by molar-refractivity contribution is 0.474. The minimum Gasteiger partial charge on any atom is -0.507 e. The smallest absolute Gasteiger partial charge is 0.231 e. The Morgan fingerprint density at radius 3 is 2.34 bits per heavy atom. The van der Waals surface area contributed by atoms with Crippen molar-refractivity contribution in [1.29, 1.82) is 0 Å². The van der Waals surface area contributed by atoms with Crippen molar-refractivity contribution in [2.24, 2.45) is 0 Å². The first-order valence-electron chi connectivity index (χ1n) is 10.7. The van der Waals surface area contributed by atoms with Crippen molar-refractivity contribution in [1.82, 2.24) is 9.97 Å². The second-order valence-corrected chi connectivity index (χ2v) is 8.95. The van der Waals surface area contributed by atoms with Gasteiger partial charge in [0.05, 0.1) is 11.3 Å². The molecule has 4 nitrogen and oxygen atoms in total. The molecule has 0 atom stereocenters. The molecule has 0 aliphatic heterocycles. The Hall–Kier alpha value is -3.92. The fraction of sp³-hybridized carbons (Fsp3) is 0.143. The molecule has 0 amide bonds. The van der Waals surface area contributed by atoms with E-state index in [2.05, 4.69) is 56.1 Å². The molecule has 158 valence electrons. The zero-order chi connectivity index (χ0) is 22.3. The second-order valence-electron chi connectivity index (χ2n) is 8.95. The van der Waals surface area contributed by atoms with E-state index in [0.29, 0.717) is 17.0 Å². The number of oxazole rings is 1. The molecule has 0 aliphatic carbocycles. The molecule has 5 aromatic rings. The van der Waals surface area contributed by atoms with Gasteiger partial charge in [0.15, 0.2) is 5.58 Å². The topological polar surface area (TPSA) is 59.2 Å². The molecule has 0 saturated carbocycles. The summed E-state index contributed by atoms with van der Waals surface area (Å²) in [6, 6.07) is 25.5. The Labute approximate surface area is 187 Å². The van der Waals surface area contributed by atoms with E-state index in [-0.39, 0.29) is 11.2 Å². The van der Waals surface area contributed by atoms with E-state index in [0.717, 1.165) is 27.9 Å². The van der Waals surface area contributed by atoms with E-state index in [1.807, 2.05) is 36.5 Å². The van der Waals surface area contributed by atoms with Crippen LogP contribution in [0, 0.1) is 0 Å². The fourth-order valence-electron chi connectivity index (χ4n) is 3.85. The average molecular weight is 421 g/mol. The zero-order valence-corrected chi connectivity index (χ0v) is 18.3. The van der Waals surface area contributed by atoms with Crippen molar-refractivity contribution in [3.8, 4) is 39.6 Å². The lowest BCUT2D eigenvalue weighted by Crippen LogP contribution is -2.11. The first kappa shape index (κ1) is 20.0. The van der Waals surface area contributed by atoms with Crippen LogP contribution in [0.15, 0.2) is 89.5 Å². The molecule has 2 heterocycles. The van der Waals surface area contributed by atoms with Gasteiger partial charge in [-0.1, -0.05) is 63.2 Å². The predicted octanol–water partition coefficient (Wildman–Crippen LogP) is 7.23. The van der Waals surface area contributed by atoms with Gasteiger partial charge in [-0.25, -0.2) is 4.98 Å². The van der Waals surface area contributed by atoms with Gasteiger partial charge in [-0.2, -0.15) is 0 Å². The molecule has 32 heavy (non-hydrogen) atoms. The minimum atomic E-state index is 0.0566. The molecule has 0 aliphatic rings. The summed E-state index contributed by atoms with van der Waals surface area (Å²) in [6.45, 7) is 6.61. The number of aromatic hydroxyl groups is 1. The Morgan fingerprint density at radius 2 is 1.53 bits per heavy atom. The van der Waals surface area contributed by atoms with Crippen molar-refractivity contribution >= 4 is 11.1 Å². The first-order valence-corrected chi connectivity index (χ1v) is 10.7. The predicted molar refractivity (Wildman–Crippen MR) is 128 cm³/mol. The molecule has 4 heteroatoms. The highest BCUT2D eigenvalue weighted by Gasteiger charge is 2.17. The summed E-state index contributed by atoms with van der Waals surface area (Å²) in [5, 5.41) is 10.2.